The molecule has 242 valence electrons. The van der Waals surface area contributed by atoms with Crippen LogP contribution in [0.2, 0.25) is 18.1 Å². The van der Waals surface area contributed by atoms with Crippen molar-refractivity contribution in [2.24, 2.45) is 11.3 Å². The number of hydrogen-bond acceptors (Lipinski definition) is 7. The second-order valence-corrected chi connectivity index (χ2v) is 21.2. The van der Waals surface area contributed by atoms with E-state index in [2.05, 4.69) is 33.9 Å². The molecule has 6 rings (SSSR count). The summed E-state index contributed by atoms with van der Waals surface area (Å²) in [6.45, 7) is 11.9. The van der Waals surface area contributed by atoms with Crippen molar-refractivity contribution < 1.29 is 31.9 Å². The number of sulfonamides is 1. The minimum Gasteiger partial charge on any atom is -0.447 e. The summed E-state index contributed by atoms with van der Waals surface area (Å²) in [4.78, 5) is 28.9. The highest BCUT2D eigenvalue weighted by Crippen LogP contribution is 2.61. The van der Waals surface area contributed by atoms with Crippen molar-refractivity contribution in [3.05, 3.63) is 78.4 Å². The predicted molar refractivity (Wildman–Crippen MR) is 172 cm³/mol. The molecule has 2 aromatic carbocycles. The number of ether oxygens (including phenoxy) is 2. The predicted octanol–water partition coefficient (Wildman–Crippen LogP) is 5.74. The molecule has 1 saturated carbocycles. The summed E-state index contributed by atoms with van der Waals surface area (Å²) in [6, 6.07) is 17.3. The van der Waals surface area contributed by atoms with Gasteiger partial charge in [-0.25, -0.2) is 18.0 Å². The third-order valence-electron chi connectivity index (χ3n) is 10.9. The van der Waals surface area contributed by atoms with E-state index in [1.54, 1.807) is 45.6 Å². The second kappa shape index (κ2) is 11.4. The van der Waals surface area contributed by atoms with Crippen molar-refractivity contribution in [3.63, 3.8) is 0 Å². The smallest absolute Gasteiger partial charge is 0.410 e. The van der Waals surface area contributed by atoms with Crippen molar-refractivity contribution in [1.82, 2.24) is 9.21 Å². The number of benzene rings is 2. The van der Waals surface area contributed by atoms with Crippen LogP contribution < -0.4 is 0 Å². The molecule has 0 aromatic heterocycles. The fourth-order valence-corrected chi connectivity index (χ4v) is 10.6. The number of esters is 1. The zero-order valence-electron chi connectivity index (χ0n) is 26.8. The lowest BCUT2D eigenvalue weighted by Crippen LogP contribution is -2.72. The highest BCUT2D eigenvalue weighted by atomic mass is 32.2. The Hall–Kier alpha value is -2.99. The van der Waals surface area contributed by atoms with Gasteiger partial charge in [0.25, 0.3) is 0 Å². The van der Waals surface area contributed by atoms with E-state index in [4.69, 9.17) is 13.9 Å². The van der Waals surface area contributed by atoms with Gasteiger partial charge in [0, 0.05) is 31.1 Å². The van der Waals surface area contributed by atoms with Crippen LogP contribution in [0.1, 0.15) is 45.6 Å². The van der Waals surface area contributed by atoms with Gasteiger partial charge in [0.1, 0.15) is 6.61 Å². The maximum atomic E-state index is 14.0. The van der Waals surface area contributed by atoms with Crippen molar-refractivity contribution >= 4 is 30.4 Å². The standard InChI is InChI=1S/C34H44N2O7SSi/c1-32(2,3)45(4,5)43-28-22-26-17-20-35(44(39,40)27-14-10-7-11-15-27)24-33(26)19-21-36(30(33)34(28)18-16-29(37)42-34)31(38)41-23-25-12-8-6-9-13-25/h6-16,18,26,28,30H,17,19-24H2,1-5H3/t26-,28+,30+,33-,34?/m0/s1. The molecule has 45 heavy (non-hydrogen) atoms. The first-order valence-electron chi connectivity index (χ1n) is 15.8. The van der Waals surface area contributed by atoms with Gasteiger partial charge >= 0.3 is 12.1 Å². The Morgan fingerprint density at radius 1 is 1.04 bits per heavy atom. The van der Waals surface area contributed by atoms with Crippen LogP contribution in [0, 0.1) is 11.3 Å². The molecule has 3 aliphatic heterocycles. The van der Waals surface area contributed by atoms with E-state index >= 15 is 0 Å². The van der Waals surface area contributed by atoms with E-state index in [0.717, 1.165) is 5.56 Å². The van der Waals surface area contributed by atoms with Crippen LogP contribution in [0.25, 0.3) is 0 Å². The van der Waals surface area contributed by atoms with Crippen LogP contribution in [-0.2, 0) is 35.3 Å². The SMILES string of the molecule is CC(C)(C)[Si](C)(C)O[C@@H]1C[C@@H]2CCN(S(=O)(=O)c3ccccc3)C[C@@]23CCN(C(=O)OCc2ccccc2)[C@H]3C12C=CC(=O)O2. The number of nitrogens with zero attached hydrogens (tertiary/aromatic N) is 2. The van der Waals surface area contributed by atoms with Gasteiger partial charge in [-0.2, -0.15) is 4.31 Å². The summed E-state index contributed by atoms with van der Waals surface area (Å²) < 4.78 is 48.7. The molecule has 2 saturated heterocycles. The number of hydrogen-bond donors (Lipinski definition) is 0. The monoisotopic (exact) mass is 652 g/mol. The highest BCUT2D eigenvalue weighted by Gasteiger charge is 2.71. The minimum atomic E-state index is -3.80. The molecule has 4 aliphatic rings. The minimum absolute atomic E-state index is 0.0461. The summed E-state index contributed by atoms with van der Waals surface area (Å²) in [5, 5.41) is -0.105. The number of carbonyl (C=O) groups excluding carboxylic acids is 2. The highest BCUT2D eigenvalue weighted by molar-refractivity contribution is 7.89. The van der Waals surface area contributed by atoms with Crippen molar-refractivity contribution in [3.8, 4) is 0 Å². The molecule has 1 aliphatic carbocycles. The first-order chi connectivity index (χ1) is 21.2. The zero-order valence-corrected chi connectivity index (χ0v) is 28.6. The van der Waals surface area contributed by atoms with E-state index in [9.17, 15) is 18.0 Å². The Morgan fingerprint density at radius 2 is 1.71 bits per heavy atom. The molecule has 3 fully saturated rings. The van der Waals surface area contributed by atoms with Crippen LogP contribution in [0.4, 0.5) is 4.79 Å². The largest absolute Gasteiger partial charge is 0.447 e. The van der Waals surface area contributed by atoms with Gasteiger partial charge in [-0.05, 0) is 67.1 Å². The summed E-state index contributed by atoms with van der Waals surface area (Å²) in [6.07, 6.45) is 3.98. The zero-order chi connectivity index (χ0) is 32.3. The normalized spacial score (nSPS) is 30.2. The van der Waals surface area contributed by atoms with Gasteiger partial charge in [-0.1, -0.05) is 69.3 Å². The average molecular weight is 653 g/mol. The first kappa shape index (κ1) is 32.0. The summed E-state index contributed by atoms with van der Waals surface area (Å²) in [5.41, 5.74) is -1.08. The Morgan fingerprint density at radius 3 is 2.33 bits per heavy atom. The molecule has 2 spiro atoms. The Labute approximate surface area is 267 Å². The van der Waals surface area contributed by atoms with Gasteiger partial charge in [0.05, 0.1) is 17.0 Å². The third kappa shape index (κ3) is 5.45. The maximum absolute atomic E-state index is 14.0. The molecule has 0 bridgehead atoms. The molecule has 1 amide bonds. The van der Waals surface area contributed by atoms with E-state index in [1.807, 2.05) is 30.3 Å². The van der Waals surface area contributed by atoms with Crippen molar-refractivity contribution in [2.45, 2.75) is 87.4 Å². The Bertz CT molecular complexity index is 1580. The number of carbonyl (C=O) groups is 2. The molecule has 11 heteroatoms. The van der Waals surface area contributed by atoms with Crippen LogP contribution in [0.15, 0.2) is 77.7 Å². The molecular formula is C34H44N2O7SSi. The molecule has 1 unspecified atom stereocenters. The van der Waals surface area contributed by atoms with E-state index in [0.29, 0.717) is 32.4 Å². The lowest BCUT2D eigenvalue weighted by molar-refractivity contribution is -0.191. The van der Waals surface area contributed by atoms with Crippen molar-refractivity contribution in [1.29, 1.82) is 0 Å². The number of rotatable bonds is 6. The topological polar surface area (TPSA) is 102 Å². The average Bonchev–Trinajstić information content (AvgIpc) is 3.58. The first-order valence-corrected chi connectivity index (χ1v) is 20.2. The molecule has 0 N–H and O–H groups in total. The lowest BCUT2D eigenvalue weighted by Gasteiger charge is -2.60. The Kier molecular flexibility index (Phi) is 8.07. The fraction of sp³-hybridized carbons (Fsp3) is 0.529. The molecule has 2 aromatic rings. The van der Waals surface area contributed by atoms with Crippen molar-refractivity contribution in [2.75, 3.05) is 19.6 Å². The second-order valence-electron chi connectivity index (χ2n) is 14.5. The fourth-order valence-electron chi connectivity index (χ4n) is 7.66. The van der Waals surface area contributed by atoms with Crippen LogP contribution in [-0.4, -0.2) is 75.4 Å². The number of likely N-dealkylation sites (tertiary alicyclic amines) is 1. The number of amides is 1. The van der Waals surface area contributed by atoms with Crippen LogP contribution in [0.3, 0.4) is 0 Å². The van der Waals surface area contributed by atoms with E-state index < -0.39 is 53.6 Å². The molecule has 5 atom stereocenters. The quantitative estimate of drug-likeness (QED) is 0.290. The lowest BCUT2D eigenvalue weighted by atomic mass is 9.55. The van der Waals surface area contributed by atoms with E-state index in [-0.39, 0.29) is 29.0 Å². The van der Waals surface area contributed by atoms with Gasteiger partial charge in [0.15, 0.2) is 13.9 Å². The maximum Gasteiger partial charge on any atom is 0.410 e. The molecule has 3 heterocycles. The number of fused-ring (bicyclic) bond motifs is 1. The Balaban J connectivity index is 1.42. The molecule has 0 radical (unpaired) electrons. The molecule has 9 nitrogen and oxygen atoms in total. The molecular weight excluding hydrogens is 609 g/mol. The third-order valence-corrected chi connectivity index (χ3v) is 17.3. The summed E-state index contributed by atoms with van der Waals surface area (Å²) in [7, 11) is -6.17. The summed E-state index contributed by atoms with van der Waals surface area (Å²) >= 11 is 0. The number of piperidine rings is 1. The van der Waals surface area contributed by atoms with E-state index in [1.165, 1.54) is 6.08 Å². The van der Waals surface area contributed by atoms with Gasteiger partial charge in [0.2, 0.25) is 10.0 Å². The van der Waals surface area contributed by atoms with Gasteiger partial charge in [-0.15, -0.1) is 0 Å². The van der Waals surface area contributed by atoms with Crippen LogP contribution >= 0.6 is 0 Å². The van der Waals surface area contributed by atoms with Gasteiger partial charge < -0.3 is 18.8 Å². The van der Waals surface area contributed by atoms with Crippen LogP contribution in [0.5, 0.6) is 0 Å². The van der Waals surface area contributed by atoms with Gasteiger partial charge in [-0.3, -0.25) is 0 Å². The summed E-state index contributed by atoms with van der Waals surface area (Å²) in [5.74, 6) is -0.439.